The van der Waals surface area contributed by atoms with Crippen LogP contribution in [0.25, 0.3) is 0 Å². The molecule has 2 nitrogen and oxygen atoms in total. The van der Waals surface area contributed by atoms with Crippen molar-refractivity contribution < 1.29 is 9.47 Å². The molecular weight excluding hydrogens is 380 g/mol. The molecule has 0 bridgehead atoms. The van der Waals surface area contributed by atoms with Crippen molar-refractivity contribution in [2.75, 3.05) is 13.2 Å². The Labute approximate surface area is 191 Å². The van der Waals surface area contributed by atoms with Crippen LogP contribution in [0.2, 0.25) is 0 Å². The molecule has 1 fully saturated rings. The molecule has 0 radical (unpaired) electrons. The quantitative estimate of drug-likeness (QED) is 0.382. The number of allylic oxidation sites excluding steroid dienone is 8. The molecule has 0 aromatic heterocycles. The number of hydrogen-bond donors (Lipinski definition) is 0. The molecule has 3 atom stereocenters. The maximum atomic E-state index is 6.45. The van der Waals surface area contributed by atoms with Crippen LogP contribution in [-0.2, 0) is 9.47 Å². The van der Waals surface area contributed by atoms with Gasteiger partial charge in [0.25, 0.3) is 0 Å². The summed E-state index contributed by atoms with van der Waals surface area (Å²) in [5.74, 6) is 1.76. The van der Waals surface area contributed by atoms with Crippen molar-refractivity contribution in [3.8, 4) is 0 Å². The first-order valence-corrected chi connectivity index (χ1v) is 12.6. The molecule has 0 aromatic carbocycles. The van der Waals surface area contributed by atoms with E-state index in [4.69, 9.17) is 9.47 Å². The third-order valence-corrected chi connectivity index (χ3v) is 7.86. The van der Waals surface area contributed by atoms with Gasteiger partial charge in [-0.2, -0.15) is 0 Å². The van der Waals surface area contributed by atoms with Crippen LogP contribution in [0.1, 0.15) is 92.9 Å². The second-order valence-electron chi connectivity index (χ2n) is 11.1. The van der Waals surface area contributed by atoms with Crippen LogP contribution in [0, 0.1) is 23.2 Å². The second kappa shape index (κ2) is 11.1. The Hall–Kier alpha value is -1.12. The van der Waals surface area contributed by atoms with Gasteiger partial charge >= 0.3 is 0 Å². The summed E-state index contributed by atoms with van der Waals surface area (Å²) in [5.41, 5.74) is 6.28. The van der Waals surface area contributed by atoms with Crippen LogP contribution in [0.4, 0.5) is 0 Å². The van der Waals surface area contributed by atoms with Gasteiger partial charge in [0.1, 0.15) is 0 Å². The van der Waals surface area contributed by atoms with Crippen molar-refractivity contribution in [1.82, 2.24) is 0 Å². The van der Waals surface area contributed by atoms with Gasteiger partial charge in [0.2, 0.25) is 0 Å². The fraction of sp³-hybridized carbons (Fsp3) is 0.724. The van der Waals surface area contributed by atoms with Crippen LogP contribution in [0.5, 0.6) is 0 Å². The summed E-state index contributed by atoms with van der Waals surface area (Å²) in [4.78, 5) is 0. The summed E-state index contributed by atoms with van der Waals surface area (Å²) in [7, 11) is 0. The van der Waals surface area contributed by atoms with Crippen LogP contribution >= 0.6 is 0 Å². The van der Waals surface area contributed by atoms with Gasteiger partial charge in [-0.1, -0.05) is 60.4 Å². The number of ether oxygens (including phenoxy) is 2. The average molecular weight is 427 g/mol. The summed E-state index contributed by atoms with van der Waals surface area (Å²) in [6.45, 7) is 15.3. The van der Waals surface area contributed by atoms with Gasteiger partial charge in [-0.15, -0.1) is 0 Å². The summed E-state index contributed by atoms with van der Waals surface area (Å²) in [6, 6.07) is 0. The minimum Gasteiger partial charge on any atom is -0.352 e. The Bertz CT molecular complexity index is 707. The molecule has 31 heavy (non-hydrogen) atoms. The zero-order valence-electron chi connectivity index (χ0n) is 21.0. The first-order chi connectivity index (χ1) is 14.8. The van der Waals surface area contributed by atoms with E-state index >= 15 is 0 Å². The molecule has 0 saturated carbocycles. The SMILES string of the molecule is CC(C)=CCCC1=CCC2(COC([C@H]3CC=C(CCC=C(C)C)C[C@@H]3C)OC2)[C@H](C)C1. The monoisotopic (exact) mass is 426 g/mol. The molecule has 0 unspecified atom stereocenters. The van der Waals surface area contributed by atoms with Gasteiger partial charge in [-0.25, -0.2) is 0 Å². The van der Waals surface area contributed by atoms with Crippen molar-refractivity contribution in [3.63, 3.8) is 0 Å². The predicted octanol–water partition coefficient (Wildman–Crippen LogP) is 8.17. The van der Waals surface area contributed by atoms with E-state index in [0.29, 0.717) is 17.8 Å². The zero-order chi connectivity index (χ0) is 22.4. The highest BCUT2D eigenvalue weighted by atomic mass is 16.7. The summed E-state index contributed by atoms with van der Waals surface area (Å²) in [5, 5.41) is 0. The van der Waals surface area contributed by atoms with E-state index in [2.05, 4.69) is 65.8 Å². The lowest BCUT2D eigenvalue weighted by Gasteiger charge is -2.48. The Morgan fingerprint density at radius 3 is 2.00 bits per heavy atom. The van der Waals surface area contributed by atoms with Crippen LogP contribution in [0.3, 0.4) is 0 Å². The molecule has 0 amide bonds. The normalized spacial score (nSPS) is 33.5. The standard InChI is InChI=1S/C29H46O2/c1-21(2)9-7-11-25-13-14-27(23(5)17-25)28-30-19-29(20-31-28)16-15-26(18-24(29)6)12-8-10-22(3)4/h9-10,13,15,23-24,27-28H,7-8,11-12,14,16-20H2,1-6H3/t23-,24+,27-,28?,29?/m0/s1. The number of hydrogen-bond acceptors (Lipinski definition) is 2. The third kappa shape index (κ3) is 6.68. The molecule has 2 heteroatoms. The lowest BCUT2D eigenvalue weighted by Crippen LogP contribution is -2.49. The third-order valence-electron chi connectivity index (χ3n) is 7.86. The molecule has 1 saturated heterocycles. The molecule has 0 N–H and O–H groups in total. The van der Waals surface area contributed by atoms with Gasteiger partial charge in [0.05, 0.1) is 13.2 Å². The molecule has 3 rings (SSSR count). The van der Waals surface area contributed by atoms with Crippen LogP contribution in [-0.4, -0.2) is 19.5 Å². The van der Waals surface area contributed by atoms with E-state index in [-0.39, 0.29) is 11.7 Å². The van der Waals surface area contributed by atoms with Crippen molar-refractivity contribution >= 4 is 0 Å². The maximum absolute atomic E-state index is 6.45. The summed E-state index contributed by atoms with van der Waals surface area (Å²) >= 11 is 0. The second-order valence-corrected chi connectivity index (χ2v) is 11.1. The van der Waals surface area contributed by atoms with Crippen molar-refractivity contribution in [2.45, 2.75) is 99.2 Å². The maximum Gasteiger partial charge on any atom is 0.160 e. The van der Waals surface area contributed by atoms with Crippen molar-refractivity contribution in [2.24, 2.45) is 23.2 Å². The first-order valence-electron chi connectivity index (χ1n) is 12.6. The summed E-state index contributed by atoms with van der Waals surface area (Å²) in [6.07, 6.45) is 19.0. The molecule has 1 spiro atoms. The summed E-state index contributed by atoms with van der Waals surface area (Å²) < 4.78 is 12.9. The Morgan fingerprint density at radius 1 is 0.903 bits per heavy atom. The molecule has 1 heterocycles. The minimum absolute atomic E-state index is 0.0218. The Morgan fingerprint density at radius 2 is 1.48 bits per heavy atom. The molecule has 1 aliphatic heterocycles. The molecule has 2 aliphatic carbocycles. The van der Waals surface area contributed by atoms with E-state index < -0.39 is 0 Å². The van der Waals surface area contributed by atoms with Gasteiger partial charge in [0.15, 0.2) is 6.29 Å². The van der Waals surface area contributed by atoms with Gasteiger partial charge in [-0.3, -0.25) is 0 Å². The Kier molecular flexibility index (Phi) is 8.82. The molecule has 174 valence electrons. The molecular formula is C29H46O2. The highest BCUT2D eigenvalue weighted by Gasteiger charge is 2.45. The fourth-order valence-corrected chi connectivity index (χ4v) is 5.54. The molecule has 0 aromatic rings. The van der Waals surface area contributed by atoms with Gasteiger partial charge < -0.3 is 9.47 Å². The average Bonchev–Trinajstić information content (AvgIpc) is 2.71. The number of rotatable bonds is 7. The minimum atomic E-state index is -0.0218. The smallest absolute Gasteiger partial charge is 0.160 e. The van der Waals surface area contributed by atoms with E-state index in [9.17, 15) is 0 Å². The van der Waals surface area contributed by atoms with Crippen LogP contribution < -0.4 is 0 Å². The Balaban J connectivity index is 1.50. The van der Waals surface area contributed by atoms with Crippen molar-refractivity contribution in [3.05, 3.63) is 46.6 Å². The van der Waals surface area contributed by atoms with Crippen molar-refractivity contribution in [1.29, 1.82) is 0 Å². The highest BCUT2D eigenvalue weighted by molar-refractivity contribution is 5.14. The van der Waals surface area contributed by atoms with E-state index in [1.165, 1.54) is 49.7 Å². The van der Waals surface area contributed by atoms with E-state index in [1.54, 1.807) is 11.1 Å². The topological polar surface area (TPSA) is 18.5 Å². The lowest BCUT2D eigenvalue weighted by molar-refractivity contribution is -0.265. The van der Waals surface area contributed by atoms with E-state index in [1.807, 2.05) is 0 Å². The molecule has 3 aliphatic rings. The highest BCUT2D eigenvalue weighted by Crippen LogP contribution is 2.46. The van der Waals surface area contributed by atoms with Gasteiger partial charge in [-0.05, 0) is 90.9 Å². The van der Waals surface area contributed by atoms with Gasteiger partial charge in [0, 0.05) is 11.3 Å². The zero-order valence-corrected chi connectivity index (χ0v) is 21.0. The fourth-order valence-electron chi connectivity index (χ4n) is 5.54. The predicted molar refractivity (Wildman–Crippen MR) is 132 cm³/mol. The van der Waals surface area contributed by atoms with Crippen LogP contribution in [0.15, 0.2) is 46.6 Å². The largest absolute Gasteiger partial charge is 0.352 e. The van der Waals surface area contributed by atoms with E-state index in [0.717, 1.165) is 26.1 Å². The first kappa shape index (κ1) is 24.5. The lowest BCUT2D eigenvalue weighted by atomic mass is 9.67.